The normalized spacial score (nSPS) is 15.3. The van der Waals surface area contributed by atoms with Crippen molar-refractivity contribution in [1.29, 1.82) is 0 Å². The minimum absolute atomic E-state index is 0.219. The number of ether oxygens (including phenoxy) is 1. The summed E-state index contributed by atoms with van der Waals surface area (Å²) in [7, 11) is 0. The van der Waals surface area contributed by atoms with E-state index in [2.05, 4.69) is 25.1 Å². The van der Waals surface area contributed by atoms with Gasteiger partial charge < -0.3 is 4.74 Å². The van der Waals surface area contributed by atoms with E-state index in [0.717, 1.165) is 18.4 Å². The van der Waals surface area contributed by atoms with Crippen molar-refractivity contribution in [3.8, 4) is 0 Å². The number of hydrogen-bond donors (Lipinski definition) is 0. The van der Waals surface area contributed by atoms with Gasteiger partial charge in [-0.05, 0) is 49.3 Å². The molecule has 0 fully saturated rings. The molecule has 0 saturated carbocycles. The van der Waals surface area contributed by atoms with Crippen LogP contribution < -0.4 is 0 Å². The minimum atomic E-state index is -0.219. The second-order valence-corrected chi connectivity index (χ2v) is 5.33. The zero-order chi connectivity index (χ0) is 13.7. The highest BCUT2D eigenvalue weighted by molar-refractivity contribution is 5.85. The molecule has 2 nitrogen and oxygen atoms in total. The number of carbonyl (C=O) groups is 1. The standard InChI is InChI=1S/C17H24O2/c1-3-6-17(19-4-2)16(18)12-13-9-10-14-7-5-8-15(14)11-13/h9-11,17H,3-8,12H2,1-2H3. The number of rotatable bonds is 7. The Hall–Kier alpha value is -1.15. The molecule has 0 aliphatic heterocycles. The first-order chi connectivity index (χ1) is 9.24. The van der Waals surface area contributed by atoms with E-state index in [4.69, 9.17) is 4.74 Å². The van der Waals surface area contributed by atoms with Crippen LogP contribution in [0.25, 0.3) is 0 Å². The lowest BCUT2D eigenvalue weighted by atomic mass is 9.99. The highest BCUT2D eigenvalue weighted by Crippen LogP contribution is 2.23. The number of aryl methyl sites for hydroxylation is 2. The quantitative estimate of drug-likeness (QED) is 0.750. The van der Waals surface area contributed by atoms with E-state index >= 15 is 0 Å². The fourth-order valence-corrected chi connectivity index (χ4v) is 2.85. The Bertz CT molecular complexity index is 431. The van der Waals surface area contributed by atoms with Gasteiger partial charge in [-0.3, -0.25) is 4.79 Å². The van der Waals surface area contributed by atoms with Gasteiger partial charge in [0.05, 0.1) is 0 Å². The summed E-state index contributed by atoms with van der Waals surface area (Å²) >= 11 is 0. The lowest BCUT2D eigenvalue weighted by molar-refractivity contribution is -0.130. The highest BCUT2D eigenvalue weighted by atomic mass is 16.5. The first-order valence-electron chi connectivity index (χ1n) is 7.49. The topological polar surface area (TPSA) is 26.3 Å². The van der Waals surface area contributed by atoms with Crippen LogP contribution in [0.5, 0.6) is 0 Å². The van der Waals surface area contributed by atoms with E-state index in [1.807, 2.05) is 6.92 Å². The van der Waals surface area contributed by atoms with Gasteiger partial charge in [-0.15, -0.1) is 0 Å². The van der Waals surface area contributed by atoms with Gasteiger partial charge in [-0.2, -0.15) is 0 Å². The molecule has 0 amide bonds. The number of carbonyl (C=O) groups excluding carboxylic acids is 1. The van der Waals surface area contributed by atoms with Gasteiger partial charge >= 0.3 is 0 Å². The van der Waals surface area contributed by atoms with Gasteiger partial charge in [-0.1, -0.05) is 31.5 Å². The first-order valence-corrected chi connectivity index (χ1v) is 7.49. The fraction of sp³-hybridized carbons (Fsp3) is 0.588. The Labute approximate surface area is 116 Å². The molecule has 19 heavy (non-hydrogen) atoms. The molecule has 0 saturated heterocycles. The van der Waals surface area contributed by atoms with E-state index in [1.165, 1.54) is 30.4 Å². The van der Waals surface area contributed by atoms with Crippen molar-refractivity contribution in [3.63, 3.8) is 0 Å². The Morgan fingerprint density at radius 1 is 1.26 bits per heavy atom. The second kappa shape index (κ2) is 6.85. The smallest absolute Gasteiger partial charge is 0.165 e. The second-order valence-electron chi connectivity index (χ2n) is 5.33. The van der Waals surface area contributed by atoms with E-state index in [9.17, 15) is 4.79 Å². The molecule has 0 radical (unpaired) electrons. The molecule has 1 aromatic rings. The van der Waals surface area contributed by atoms with Crippen LogP contribution in [-0.4, -0.2) is 18.5 Å². The zero-order valence-electron chi connectivity index (χ0n) is 12.1. The fourth-order valence-electron chi connectivity index (χ4n) is 2.85. The molecule has 1 aliphatic carbocycles. The maximum absolute atomic E-state index is 12.3. The molecule has 0 heterocycles. The molecule has 1 unspecified atom stereocenters. The van der Waals surface area contributed by atoms with Crippen molar-refractivity contribution >= 4 is 5.78 Å². The van der Waals surface area contributed by atoms with E-state index in [1.54, 1.807) is 0 Å². The Balaban J connectivity index is 2.01. The van der Waals surface area contributed by atoms with Crippen LogP contribution in [0.2, 0.25) is 0 Å². The van der Waals surface area contributed by atoms with Crippen molar-refractivity contribution in [2.24, 2.45) is 0 Å². The lowest BCUT2D eigenvalue weighted by Gasteiger charge is -2.15. The molecule has 1 aliphatic rings. The van der Waals surface area contributed by atoms with Crippen molar-refractivity contribution < 1.29 is 9.53 Å². The van der Waals surface area contributed by atoms with Gasteiger partial charge in [0.25, 0.3) is 0 Å². The van der Waals surface area contributed by atoms with E-state index < -0.39 is 0 Å². The Kier molecular flexibility index (Phi) is 5.15. The number of Topliss-reactive ketones (excluding diaryl/α,β-unsaturated/α-hetero) is 1. The van der Waals surface area contributed by atoms with Gasteiger partial charge in [-0.25, -0.2) is 0 Å². The maximum Gasteiger partial charge on any atom is 0.165 e. The zero-order valence-corrected chi connectivity index (χ0v) is 12.1. The Morgan fingerprint density at radius 3 is 2.79 bits per heavy atom. The average Bonchev–Trinajstić information content (AvgIpc) is 2.86. The van der Waals surface area contributed by atoms with Crippen molar-refractivity contribution in [2.45, 2.75) is 58.5 Å². The number of ketones is 1. The predicted octanol–water partition coefficient (Wildman–Crippen LogP) is 3.49. The van der Waals surface area contributed by atoms with Crippen molar-refractivity contribution in [1.82, 2.24) is 0 Å². The molecular formula is C17H24O2. The van der Waals surface area contributed by atoms with Crippen LogP contribution in [0.4, 0.5) is 0 Å². The number of fused-ring (bicyclic) bond motifs is 1. The molecular weight excluding hydrogens is 236 g/mol. The Morgan fingerprint density at radius 2 is 2.05 bits per heavy atom. The molecule has 1 aromatic carbocycles. The van der Waals surface area contributed by atoms with Crippen LogP contribution >= 0.6 is 0 Å². The molecule has 0 spiro atoms. The SMILES string of the molecule is CCCC(OCC)C(=O)Cc1ccc2c(c1)CCC2. The summed E-state index contributed by atoms with van der Waals surface area (Å²) in [5, 5.41) is 0. The van der Waals surface area contributed by atoms with Crippen LogP contribution in [0.3, 0.4) is 0 Å². The summed E-state index contributed by atoms with van der Waals surface area (Å²) in [6, 6.07) is 6.52. The van der Waals surface area contributed by atoms with Gasteiger partial charge in [0, 0.05) is 13.0 Å². The monoisotopic (exact) mass is 260 g/mol. The van der Waals surface area contributed by atoms with Gasteiger partial charge in [0.15, 0.2) is 5.78 Å². The van der Waals surface area contributed by atoms with Crippen molar-refractivity contribution in [3.05, 3.63) is 34.9 Å². The van der Waals surface area contributed by atoms with Crippen LogP contribution in [0, 0.1) is 0 Å². The largest absolute Gasteiger partial charge is 0.371 e. The molecule has 104 valence electrons. The molecule has 0 aromatic heterocycles. The number of benzene rings is 1. The summed E-state index contributed by atoms with van der Waals surface area (Å²) in [6.07, 6.45) is 5.73. The summed E-state index contributed by atoms with van der Waals surface area (Å²) in [5.74, 6) is 0.224. The minimum Gasteiger partial charge on any atom is -0.371 e. The number of hydrogen-bond acceptors (Lipinski definition) is 2. The summed E-state index contributed by atoms with van der Waals surface area (Å²) in [4.78, 5) is 12.3. The summed E-state index contributed by atoms with van der Waals surface area (Å²) in [5.41, 5.74) is 4.05. The molecule has 0 bridgehead atoms. The van der Waals surface area contributed by atoms with Crippen molar-refractivity contribution in [2.75, 3.05) is 6.61 Å². The average molecular weight is 260 g/mol. The van der Waals surface area contributed by atoms with E-state index in [-0.39, 0.29) is 11.9 Å². The van der Waals surface area contributed by atoms with Gasteiger partial charge in [0.1, 0.15) is 6.10 Å². The molecule has 2 rings (SSSR count). The predicted molar refractivity (Wildman–Crippen MR) is 77.5 cm³/mol. The molecule has 0 N–H and O–H groups in total. The van der Waals surface area contributed by atoms with Crippen LogP contribution in [0.1, 0.15) is 49.8 Å². The molecule has 1 atom stereocenters. The first kappa shape index (κ1) is 14.3. The van der Waals surface area contributed by atoms with Crippen LogP contribution in [0.15, 0.2) is 18.2 Å². The third-order valence-electron chi connectivity index (χ3n) is 3.82. The summed E-state index contributed by atoms with van der Waals surface area (Å²) in [6.45, 7) is 4.65. The highest BCUT2D eigenvalue weighted by Gasteiger charge is 2.19. The van der Waals surface area contributed by atoms with Gasteiger partial charge in [0.2, 0.25) is 0 Å². The maximum atomic E-state index is 12.3. The summed E-state index contributed by atoms with van der Waals surface area (Å²) < 4.78 is 5.56. The third kappa shape index (κ3) is 3.66. The third-order valence-corrected chi connectivity index (χ3v) is 3.82. The molecule has 2 heteroatoms. The van der Waals surface area contributed by atoms with Crippen LogP contribution in [-0.2, 0) is 28.8 Å². The van der Waals surface area contributed by atoms with E-state index in [0.29, 0.717) is 13.0 Å². The lowest BCUT2D eigenvalue weighted by Crippen LogP contribution is -2.26.